The van der Waals surface area contributed by atoms with Crippen LogP contribution in [-0.4, -0.2) is 43.3 Å². The summed E-state index contributed by atoms with van der Waals surface area (Å²) in [5, 5.41) is 4.15. The molecule has 9 heteroatoms. The number of rotatable bonds is 11. The van der Waals surface area contributed by atoms with E-state index in [0.717, 1.165) is 16.0 Å². The lowest BCUT2D eigenvalue weighted by Gasteiger charge is -2.45. The van der Waals surface area contributed by atoms with E-state index in [4.69, 9.17) is 9.47 Å². The Morgan fingerprint density at radius 3 is 2.24 bits per heavy atom. The highest BCUT2D eigenvalue weighted by atomic mass is 32.2. The molecule has 3 aromatic carbocycles. The predicted octanol–water partition coefficient (Wildman–Crippen LogP) is 7.82. The van der Waals surface area contributed by atoms with Crippen LogP contribution in [0.25, 0.3) is 10.4 Å². The third-order valence-corrected chi connectivity index (χ3v) is 10.2. The summed E-state index contributed by atoms with van der Waals surface area (Å²) in [6.45, 7) is 11.0. The molecule has 1 unspecified atom stereocenters. The summed E-state index contributed by atoms with van der Waals surface area (Å²) in [4.78, 5) is 4.19. The molecule has 1 heterocycles. The van der Waals surface area contributed by atoms with Crippen molar-refractivity contribution in [3.05, 3.63) is 112 Å². The smallest absolute Gasteiger partial charge is 0.137 e. The lowest BCUT2D eigenvalue weighted by molar-refractivity contribution is -0.145. The Kier molecular flexibility index (Phi) is 11.2. The third kappa shape index (κ3) is 8.75. The van der Waals surface area contributed by atoms with E-state index in [-0.39, 0.29) is 12.1 Å². The topological polar surface area (TPSA) is 93.5 Å². The van der Waals surface area contributed by atoms with Crippen LogP contribution in [0.4, 0.5) is 0 Å². The van der Waals surface area contributed by atoms with E-state index in [1.54, 1.807) is 11.8 Å². The van der Waals surface area contributed by atoms with Crippen LogP contribution < -0.4 is 0 Å². The van der Waals surface area contributed by atoms with Crippen LogP contribution in [0.5, 0.6) is 0 Å². The lowest BCUT2D eigenvalue weighted by Crippen LogP contribution is -2.58. The van der Waals surface area contributed by atoms with Crippen LogP contribution in [0, 0.1) is 6.92 Å². The maximum Gasteiger partial charge on any atom is 0.137 e. The largest absolute Gasteiger partial charge is 0.597 e. The van der Waals surface area contributed by atoms with Gasteiger partial charge < -0.3 is 14.0 Å². The molecule has 6 atom stereocenters. The number of aryl methyl sites for hydroxylation is 1. The zero-order valence-corrected chi connectivity index (χ0v) is 26.1. The monoisotopic (exact) mass is 592 g/mol. The molecule has 0 spiro atoms. The molecule has 41 heavy (non-hydrogen) atoms. The first kappa shape index (κ1) is 31.4. The number of azide groups is 1. The Balaban J connectivity index is 1.66. The average Bonchev–Trinajstić information content (AvgIpc) is 2.97. The molecule has 218 valence electrons. The van der Waals surface area contributed by atoms with Gasteiger partial charge in [-0.15, -0.1) is 4.31 Å². The van der Waals surface area contributed by atoms with Crippen molar-refractivity contribution >= 4 is 23.1 Å². The van der Waals surface area contributed by atoms with Crippen LogP contribution in [-0.2, 0) is 34.0 Å². The molecule has 0 saturated carbocycles. The number of thioether (sulfide) groups is 1. The highest BCUT2D eigenvalue weighted by Crippen LogP contribution is 2.39. The van der Waals surface area contributed by atoms with Crippen molar-refractivity contribution in [2.45, 2.75) is 93.6 Å². The number of benzene rings is 3. The number of hydrogen-bond donors (Lipinski definition) is 0. The fourth-order valence-electron chi connectivity index (χ4n) is 4.84. The van der Waals surface area contributed by atoms with Crippen molar-refractivity contribution in [2.75, 3.05) is 0 Å². The molecule has 1 aliphatic heterocycles. The minimum Gasteiger partial charge on any atom is -0.597 e. The Hall–Kier alpha value is -2.49. The van der Waals surface area contributed by atoms with Gasteiger partial charge in [-0.25, -0.2) is 0 Å². The molecule has 0 radical (unpaired) electrons. The third-order valence-electron chi connectivity index (χ3n) is 7.07. The van der Waals surface area contributed by atoms with Crippen LogP contribution in [0.3, 0.4) is 0 Å². The highest BCUT2D eigenvalue weighted by Gasteiger charge is 2.47. The number of hydrogen-bond acceptors (Lipinski definition) is 6. The zero-order valence-electron chi connectivity index (χ0n) is 24.4. The minimum atomic E-state index is -1.32. The van der Waals surface area contributed by atoms with Crippen molar-refractivity contribution in [1.82, 2.24) is 4.31 Å². The molecule has 0 aromatic heterocycles. The molecule has 1 aliphatic rings. The summed E-state index contributed by atoms with van der Waals surface area (Å²) in [6, 6.07) is 27.7. The second kappa shape index (κ2) is 14.6. The molecule has 0 aliphatic carbocycles. The van der Waals surface area contributed by atoms with Gasteiger partial charge in [-0.05, 0) is 69.8 Å². The van der Waals surface area contributed by atoms with Gasteiger partial charge in [-0.2, -0.15) is 0 Å². The van der Waals surface area contributed by atoms with Gasteiger partial charge in [0.05, 0.1) is 31.3 Å². The summed E-state index contributed by atoms with van der Waals surface area (Å²) >= 11 is 0.234. The Labute approximate surface area is 251 Å². The summed E-state index contributed by atoms with van der Waals surface area (Å²) in [5.41, 5.74) is 12.3. The van der Waals surface area contributed by atoms with Gasteiger partial charge in [-0.1, -0.05) is 95.2 Å². The SMILES string of the molecule is Cc1ccc(SC2O[C@H]([C@H](C)N(Cc3ccccc3)[S@@+]([O-])C(C)(C)C)[C@@H](OCc3ccccc3)C[C@H]2N=[N+]=[N-])cc1. The molecule has 3 aromatic rings. The molecule has 1 saturated heterocycles. The fourth-order valence-corrected chi connectivity index (χ4v) is 7.30. The first-order valence-corrected chi connectivity index (χ1v) is 16.0. The highest BCUT2D eigenvalue weighted by molar-refractivity contribution is 7.99. The van der Waals surface area contributed by atoms with Crippen molar-refractivity contribution in [2.24, 2.45) is 5.11 Å². The molecule has 0 bridgehead atoms. The average molecular weight is 593 g/mol. The molecular weight excluding hydrogens is 553 g/mol. The minimum absolute atomic E-state index is 0.260. The van der Waals surface area contributed by atoms with Gasteiger partial charge in [-0.3, -0.25) is 0 Å². The first-order valence-electron chi connectivity index (χ1n) is 14.0. The normalized spacial score (nSPS) is 22.6. The van der Waals surface area contributed by atoms with Gasteiger partial charge in [0.2, 0.25) is 0 Å². The van der Waals surface area contributed by atoms with Gasteiger partial charge >= 0.3 is 0 Å². The van der Waals surface area contributed by atoms with E-state index in [2.05, 4.69) is 60.3 Å². The number of ether oxygens (including phenoxy) is 2. The van der Waals surface area contributed by atoms with E-state index in [0.29, 0.717) is 19.6 Å². The second-order valence-corrected chi connectivity index (χ2v) is 14.8. The fraction of sp³-hybridized carbons (Fsp3) is 0.438. The molecule has 7 nitrogen and oxygen atoms in total. The van der Waals surface area contributed by atoms with E-state index in [1.165, 1.54) is 5.56 Å². The summed E-state index contributed by atoms with van der Waals surface area (Å²) < 4.78 is 28.9. The van der Waals surface area contributed by atoms with Gasteiger partial charge in [0.15, 0.2) is 0 Å². The summed E-state index contributed by atoms with van der Waals surface area (Å²) in [5.74, 6) is 0. The van der Waals surface area contributed by atoms with E-state index < -0.39 is 33.7 Å². The van der Waals surface area contributed by atoms with Crippen molar-refractivity contribution in [3.8, 4) is 0 Å². The maximum atomic E-state index is 14.0. The molecule has 0 amide bonds. The summed E-state index contributed by atoms with van der Waals surface area (Å²) in [7, 11) is 0. The molecular formula is C32H40N4O3S2. The lowest BCUT2D eigenvalue weighted by atomic mass is 9.96. The predicted molar refractivity (Wildman–Crippen MR) is 168 cm³/mol. The maximum absolute atomic E-state index is 14.0. The van der Waals surface area contributed by atoms with Crippen LogP contribution in [0.2, 0.25) is 0 Å². The Morgan fingerprint density at radius 2 is 1.66 bits per heavy atom. The van der Waals surface area contributed by atoms with Gasteiger partial charge in [0.25, 0.3) is 0 Å². The van der Waals surface area contributed by atoms with Crippen molar-refractivity contribution in [3.63, 3.8) is 0 Å². The van der Waals surface area contributed by atoms with Crippen LogP contribution in [0.15, 0.2) is 94.9 Å². The van der Waals surface area contributed by atoms with Crippen molar-refractivity contribution in [1.29, 1.82) is 0 Å². The quantitative estimate of drug-likeness (QED) is 0.0979. The standard InChI is InChI=1S/C32H40N4O3S2/c1-23-16-18-27(19-17-23)40-31-28(34-35-33)20-29(38-22-26-14-10-7-11-15-26)30(39-31)24(2)36(41(37)32(3,4)5)21-25-12-8-6-9-13-25/h6-19,24,28-31H,20-22H2,1-5H3/t24-,28+,29-,30+,31?,41-/m0/s1. The molecule has 4 rings (SSSR count). The van der Waals surface area contributed by atoms with E-state index in [1.807, 2.05) is 73.6 Å². The van der Waals surface area contributed by atoms with Gasteiger partial charge in [0.1, 0.15) is 16.3 Å². The van der Waals surface area contributed by atoms with E-state index >= 15 is 0 Å². The number of nitrogens with zero attached hydrogens (tertiary/aromatic N) is 4. The van der Waals surface area contributed by atoms with Crippen LogP contribution in [0.1, 0.15) is 50.8 Å². The first-order chi connectivity index (χ1) is 19.7. The van der Waals surface area contributed by atoms with Gasteiger partial charge in [0, 0.05) is 21.2 Å². The molecule has 0 N–H and O–H groups in total. The zero-order chi connectivity index (χ0) is 29.4. The molecule has 1 fully saturated rings. The van der Waals surface area contributed by atoms with Crippen LogP contribution >= 0.6 is 11.8 Å². The Morgan fingerprint density at radius 1 is 1.05 bits per heavy atom. The summed E-state index contributed by atoms with van der Waals surface area (Å²) in [6.07, 6.45) is -0.288. The Bertz CT molecular complexity index is 1270. The van der Waals surface area contributed by atoms with Crippen molar-refractivity contribution < 1.29 is 14.0 Å². The second-order valence-electron chi connectivity index (χ2n) is 11.4. The van der Waals surface area contributed by atoms with E-state index in [9.17, 15) is 10.1 Å².